The van der Waals surface area contributed by atoms with Crippen LogP contribution in [0.25, 0.3) is 0 Å². The van der Waals surface area contributed by atoms with Crippen LogP contribution in [-0.4, -0.2) is 43.2 Å². The topological polar surface area (TPSA) is 32.8 Å². The van der Waals surface area contributed by atoms with Crippen molar-refractivity contribution < 1.29 is 9.63 Å². The van der Waals surface area contributed by atoms with E-state index in [0.717, 1.165) is 12.8 Å². The number of hydrogen-bond donors (Lipinski definition) is 0. The standard InChI is InChI=1S/C14H30N2O2/c1-8-14(4,5)9-10-18-16(7)11-15(6)13(17)12(2)3/h12H,8-11H2,1-7H3. The lowest BCUT2D eigenvalue weighted by atomic mass is 9.87. The maximum atomic E-state index is 11.7. The van der Waals surface area contributed by atoms with Gasteiger partial charge in [0.2, 0.25) is 5.91 Å². The van der Waals surface area contributed by atoms with E-state index < -0.39 is 0 Å². The minimum Gasteiger partial charge on any atom is -0.330 e. The molecule has 0 rings (SSSR count). The minimum atomic E-state index is 0.0300. The van der Waals surface area contributed by atoms with Gasteiger partial charge in [-0.1, -0.05) is 41.0 Å². The van der Waals surface area contributed by atoms with Crippen molar-refractivity contribution >= 4 is 5.91 Å². The van der Waals surface area contributed by atoms with Gasteiger partial charge in [-0.15, -0.1) is 0 Å². The summed E-state index contributed by atoms with van der Waals surface area (Å²) in [6, 6.07) is 0. The van der Waals surface area contributed by atoms with E-state index in [2.05, 4.69) is 20.8 Å². The van der Waals surface area contributed by atoms with E-state index in [9.17, 15) is 4.79 Å². The van der Waals surface area contributed by atoms with E-state index in [4.69, 9.17) is 4.84 Å². The Kier molecular flexibility index (Phi) is 7.48. The number of carbonyl (C=O) groups is 1. The zero-order valence-corrected chi connectivity index (χ0v) is 13.1. The minimum absolute atomic E-state index is 0.0300. The second-order valence-corrected chi connectivity index (χ2v) is 6.06. The Labute approximate surface area is 112 Å². The maximum Gasteiger partial charge on any atom is 0.225 e. The van der Waals surface area contributed by atoms with Crippen LogP contribution >= 0.6 is 0 Å². The van der Waals surface area contributed by atoms with Gasteiger partial charge in [0.1, 0.15) is 0 Å². The van der Waals surface area contributed by atoms with E-state index in [1.807, 2.05) is 20.9 Å². The highest BCUT2D eigenvalue weighted by Crippen LogP contribution is 2.24. The van der Waals surface area contributed by atoms with Crippen LogP contribution in [0.4, 0.5) is 0 Å². The molecule has 4 nitrogen and oxygen atoms in total. The molecule has 0 aliphatic rings. The summed E-state index contributed by atoms with van der Waals surface area (Å²) in [5.41, 5.74) is 0.320. The van der Waals surface area contributed by atoms with Crippen molar-refractivity contribution in [2.24, 2.45) is 11.3 Å². The van der Waals surface area contributed by atoms with E-state index in [0.29, 0.717) is 18.7 Å². The Morgan fingerprint density at radius 1 is 1.28 bits per heavy atom. The van der Waals surface area contributed by atoms with Crippen LogP contribution < -0.4 is 0 Å². The molecule has 0 aromatic carbocycles. The lowest BCUT2D eigenvalue weighted by Crippen LogP contribution is -2.39. The van der Waals surface area contributed by atoms with Crippen molar-refractivity contribution in [3.8, 4) is 0 Å². The third-order valence-electron chi connectivity index (χ3n) is 3.33. The first-order valence-electron chi connectivity index (χ1n) is 6.78. The molecule has 0 aliphatic heterocycles. The fourth-order valence-corrected chi connectivity index (χ4v) is 1.50. The van der Waals surface area contributed by atoms with Crippen molar-refractivity contribution in [2.75, 3.05) is 27.4 Å². The van der Waals surface area contributed by atoms with E-state index in [1.165, 1.54) is 0 Å². The van der Waals surface area contributed by atoms with Crippen molar-refractivity contribution in [1.82, 2.24) is 9.96 Å². The molecule has 4 heteroatoms. The Hall–Kier alpha value is -0.610. The fraction of sp³-hybridized carbons (Fsp3) is 0.929. The number of hydroxylamine groups is 2. The average Bonchev–Trinajstić information content (AvgIpc) is 2.27. The molecule has 108 valence electrons. The van der Waals surface area contributed by atoms with Gasteiger partial charge in [-0.05, 0) is 11.8 Å². The highest BCUT2D eigenvalue weighted by Gasteiger charge is 2.17. The molecule has 0 saturated heterocycles. The number of hydrogen-bond acceptors (Lipinski definition) is 3. The summed E-state index contributed by atoms with van der Waals surface area (Å²) in [4.78, 5) is 19.0. The molecule has 0 N–H and O–H groups in total. The quantitative estimate of drug-likeness (QED) is 0.496. The van der Waals surface area contributed by atoms with Gasteiger partial charge >= 0.3 is 0 Å². The first kappa shape index (κ1) is 17.4. The molecule has 18 heavy (non-hydrogen) atoms. The summed E-state index contributed by atoms with van der Waals surface area (Å²) >= 11 is 0. The zero-order valence-electron chi connectivity index (χ0n) is 13.1. The third kappa shape index (κ3) is 6.97. The summed E-state index contributed by atoms with van der Waals surface area (Å²) in [6.45, 7) is 11.7. The number of amides is 1. The number of nitrogens with zero attached hydrogens (tertiary/aromatic N) is 2. The summed E-state index contributed by atoms with van der Waals surface area (Å²) in [5, 5.41) is 1.73. The van der Waals surface area contributed by atoms with Gasteiger partial charge in [-0.25, -0.2) is 0 Å². The predicted molar refractivity (Wildman–Crippen MR) is 74.9 cm³/mol. The molecule has 1 amide bonds. The molecule has 0 aromatic heterocycles. The molecular formula is C14H30N2O2. The molecule has 0 aromatic rings. The van der Waals surface area contributed by atoms with Crippen molar-refractivity contribution in [3.63, 3.8) is 0 Å². The van der Waals surface area contributed by atoms with Crippen LogP contribution in [0.15, 0.2) is 0 Å². The highest BCUT2D eigenvalue weighted by atomic mass is 16.7. The van der Waals surface area contributed by atoms with Gasteiger partial charge in [-0.3, -0.25) is 9.63 Å². The molecule has 0 saturated carbocycles. The van der Waals surface area contributed by atoms with Crippen molar-refractivity contribution in [2.45, 2.75) is 47.5 Å². The SMILES string of the molecule is CCC(C)(C)CCON(C)CN(C)C(=O)C(C)C. The Balaban J connectivity index is 3.91. The summed E-state index contributed by atoms with van der Waals surface area (Å²) in [5.74, 6) is 0.168. The maximum absolute atomic E-state index is 11.7. The normalized spacial score (nSPS) is 12.3. The number of carbonyl (C=O) groups excluding carboxylic acids is 1. The first-order chi connectivity index (χ1) is 8.19. The molecule has 0 bridgehead atoms. The lowest BCUT2D eigenvalue weighted by Gasteiger charge is -2.27. The molecule has 0 heterocycles. The van der Waals surface area contributed by atoms with Gasteiger partial charge in [0, 0.05) is 20.0 Å². The average molecular weight is 258 g/mol. The predicted octanol–water partition coefficient (Wildman–Crippen LogP) is 2.75. The molecule has 0 spiro atoms. The second-order valence-electron chi connectivity index (χ2n) is 6.06. The smallest absolute Gasteiger partial charge is 0.225 e. The Morgan fingerprint density at radius 3 is 2.28 bits per heavy atom. The Morgan fingerprint density at radius 2 is 1.83 bits per heavy atom. The third-order valence-corrected chi connectivity index (χ3v) is 3.33. The molecular weight excluding hydrogens is 228 g/mol. The van der Waals surface area contributed by atoms with Crippen LogP contribution in [0.1, 0.15) is 47.5 Å². The monoisotopic (exact) mass is 258 g/mol. The summed E-state index contributed by atoms with van der Waals surface area (Å²) in [6.07, 6.45) is 2.17. The van der Waals surface area contributed by atoms with Crippen LogP contribution in [0, 0.1) is 11.3 Å². The van der Waals surface area contributed by atoms with Gasteiger partial charge < -0.3 is 4.90 Å². The van der Waals surface area contributed by atoms with Gasteiger partial charge in [0.15, 0.2) is 0 Å². The molecule has 0 unspecified atom stereocenters. The number of rotatable bonds is 8. The van der Waals surface area contributed by atoms with Gasteiger partial charge in [0.25, 0.3) is 0 Å². The molecule has 0 aliphatic carbocycles. The largest absolute Gasteiger partial charge is 0.330 e. The van der Waals surface area contributed by atoms with Crippen LogP contribution in [0.2, 0.25) is 0 Å². The Bertz CT molecular complexity index is 252. The molecule has 0 atom stereocenters. The lowest BCUT2D eigenvalue weighted by molar-refractivity contribution is -0.175. The van der Waals surface area contributed by atoms with Gasteiger partial charge in [-0.2, -0.15) is 5.06 Å². The molecule has 0 radical (unpaired) electrons. The van der Waals surface area contributed by atoms with E-state index >= 15 is 0 Å². The fourth-order valence-electron chi connectivity index (χ4n) is 1.50. The van der Waals surface area contributed by atoms with E-state index in [1.54, 1.807) is 17.0 Å². The first-order valence-corrected chi connectivity index (χ1v) is 6.78. The molecule has 0 fully saturated rings. The van der Waals surface area contributed by atoms with Crippen LogP contribution in [0.5, 0.6) is 0 Å². The highest BCUT2D eigenvalue weighted by molar-refractivity contribution is 5.77. The summed E-state index contributed by atoms with van der Waals surface area (Å²) in [7, 11) is 3.67. The zero-order chi connectivity index (χ0) is 14.3. The van der Waals surface area contributed by atoms with Crippen LogP contribution in [0.3, 0.4) is 0 Å². The van der Waals surface area contributed by atoms with Crippen LogP contribution in [-0.2, 0) is 9.63 Å². The van der Waals surface area contributed by atoms with Crippen molar-refractivity contribution in [1.29, 1.82) is 0 Å². The summed E-state index contributed by atoms with van der Waals surface area (Å²) < 4.78 is 0. The van der Waals surface area contributed by atoms with Gasteiger partial charge in [0.05, 0.1) is 13.3 Å². The van der Waals surface area contributed by atoms with E-state index in [-0.39, 0.29) is 11.8 Å². The van der Waals surface area contributed by atoms with Crippen molar-refractivity contribution in [3.05, 3.63) is 0 Å². The second kappa shape index (κ2) is 7.74.